The second-order valence-corrected chi connectivity index (χ2v) is 9.62. The van der Waals surface area contributed by atoms with E-state index in [9.17, 15) is 4.79 Å². The zero-order valence-electron chi connectivity index (χ0n) is 17.5. The van der Waals surface area contributed by atoms with Crippen molar-refractivity contribution in [3.8, 4) is 0 Å². The number of ether oxygens (including phenoxy) is 1. The van der Waals surface area contributed by atoms with Gasteiger partial charge < -0.3 is 10.1 Å². The van der Waals surface area contributed by atoms with Crippen LogP contribution in [0.5, 0.6) is 0 Å². The summed E-state index contributed by atoms with van der Waals surface area (Å²) in [5.41, 5.74) is 2.63. The Kier molecular flexibility index (Phi) is 5.72. The highest BCUT2D eigenvalue weighted by Crippen LogP contribution is 2.48. The van der Waals surface area contributed by atoms with Crippen LogP contribution in [0.1, 0.15) is 67.1 Å². The number of carbonyl (C=O) groups excluding carboxylic acids is 1. The van der Waals surface area contributed by atoms with Gasteiger partial charge in [-0.25, -0.2) is 0 Å². The van der Waals surface area contributed by atoms with E-state index in [-0.39, 0.29) is 23.7 Å². The molecule has 1 saturated heterocycles. The Balaban J connectivity index is 1.62. The molecule has 2 aromatic rings. The predicted molar refractivity (Wildman–Crippen MR) is 117 cm³/mol. The first-order valence-corrected chi connectivity index (χ1v) is 11.0. The van der Waals surface area contributed by atoms with Crippen LogP contribution in [0.25, 0.3) is 0 Å². The summed E-state index contributed by atoms with van der Waals surface area (Å²) < 4.78 is 6.59. The zero-order valence-corrected chi connectivity index (χ0v) is 18.2. The Bertz CT molecular complexity index is 881. The summed E-state index contributed by atoms with van der Waals surface area (Å²) in [6.45, 7) is 6.52. The molecule has 0 aromatic heterocycles. The van der Waals surface area contributed by atoms with Crippen LogP contribution < -0.4 is 5.32 Å². The average Bonchev–Trinajstić information content (AvgIpc) is 2.68. The first kappa shape index (κ1) is 20.4. The van der Waals surface area contributed by atoms with Crippen molar-refractivity contribution in [2.75, 3.05) is 0 Å². The molecule has 1 saturated carbocycles. The fraction of sp³-hybridized carbons (Fsp3) is 0.480. The number of aryl methyl sites for hydroxylation is 1. The summed E-state index contributed by atoms with van der Waals surface area (Å²) in [4.78, 5) is 13.1. The Hall–Kier alpha value is -1.84. The van der Waals surface area contributed by atoms with Gasteiger partial charge in [-0.3, -0.25) is 4.79 Å². The Morgan fingerprint density at radius 1 is 1.17 bits per heavy atom. The molecule has 2 fully saturated rings. The minimum atomic E-state index is -0.311. The van der Waals surface area contributed by atoms with E-state index in [1.54, 1.807) is 0 Å². The lowest BCUT2D eigenvalue weighted by Gasteiger charge is -2.52. The van der Waals surface area contributed by atoms with Gasteiger partial charge in [0, 0.05) is 28.5 Å². The van der Waals surface area contributed by atoms with Gasteiger partial charge in [-0.2, -0.15) is 0 Å². The summed E-state index contributed by atoms with van der Waals surface area (Å²) in [6, 6.07) is 15.7. The number of fused-ring (bicyclic) bond motifs is 1. The summed E-state index contributed by atoms with van der Waals surface area (Å²) >= 11 is 6.09. The van der Waals surface area contributed by atoms with E-state index in [1.807, 2.05) is 55.5 Å². The van der Waals surface area contributed by atoms with Gasteiger partial charge in [0.2, 0.25) is 0 Å². The lowest BCUT2D eigenvalue weighted by molar-refractivity contribution is -0.144. The van der Waals surface area contributed by atoms with E-state index >= 15 is 0 Å². The molecule has 29 heavy (non-hydrogen) atoms. The number of hydrogen-bond donors (Lipinski definition) is 1. The number of hydrogen-bond acceptors (Lipinski definition) is 2. The third-order valence-electron chi connectivity index (χ3n) is 6.74. The average molecular weight is 412 g/mol. The van der Waals surface area contributed by atoms with Gasteiger partial charge in [0.05, 0.1) is 12.2 Å². The maximum atomic E-state index is 13.1. The van der Waals surface area contributed by atoms with Gasteiger partial charge in [-0.15, -0.1) is 0 Å². The molecule has 1 aliphatic carbocycles. The third-order valence-corrected chi connectivity index (χ3v) is 6.99. The fourth-order valence-corrected chi connectivity index (χ4v) is 5.26. The molecule has 2 aliphatic rings. The van der Waals surface area contributed by atoms with E-state index in [1.165, 1.54) is 6.42 Å². The summed E-state index contributed by atoms with van der Waals surface area (Å²) in [5.74, 6) is 0.985. The summed E-state index contributed by atoms with van der Waals surface area (Å²) in [5, 5.41) is 4.15. The van der Waals surface area contributed by atoms with E-state index in [4.69, 9.17) is 16.3 Å². The molecule has 0 unspecified atom stereocenters. The summed E-state index contributed by atoms with van der Waals surface area (Å²) in [6.07, 6.45) is 4.21. The normalized spacial score (nSPS) is 31.7. The molecule has 1 amide bonds. The van der Waals surface area contributed by atoms with E-state index < -0.39 is 0 Å². The van der Waals surface area contributed by atoms with Crippen molar-refractivity contribution in [3.05, 3.63) is 70.2 Å². The molecule has 1 N–H and O–H groups in total. The summed E-state index contributed by atoms with van der Waals surface area (Å²) in [7, 11) is 0. The Morgan fingerprint density at radius 2 is 1.93 bits per heavy atom. The maximum Gasteiger partial charge on any atom is 0.251 e. The molecule has 0 spiro atoms. The molecule has 4 rings (SSSR count). The number of nitrogens with one attached hydrogen (secondary N) is 1. The van der Waals surface area contributed by atoms with Crippen LogP contribution in [0, 0.1) is 18.8 Å². The fourth-order valence-electron chi connectivity index (χ4n) is 5.14. The zero-order chi connectivity index (χ0) is 20.6. The lowest BCUT2D eigenvalue weighted by Crippen LogP contribution is -2.60. The molecule has 154 valence electrons. The van der Waals surface area contributed by atoms with Gasteiger partial charge >= 0.3 is 0 Å². The van der Waals surface area contributed by atoms with Gasteiger partial charge in [0.15, 0.2) is 0 Å². The molecule has 1 aliphatic heterocycles. The number of amides is 1. The number of carbonyl (C=O) groups is 1. The third kappa shape index (κ3) is 4.36. The van der Waals surface area contributed by atoms with Crippen molar-refractivity contribution in [1.82, 2.24) is 5.32 Å². The van der Waals surface area contributed by atoms with Gasteiger partial charge in [-0.1, -0.05) is 54.8 Å². The van der Waals surface area contributed by atoms with Crippen molar-refractivity contribution in [2.45, 2.75) is 64.2 Å². The molecule has 0 radical (unpaired) electrons. The van der Waals surface area contributed by atoms with Crippen molar-refractivity contribution in [2.24, 2.45) is 11.8 Å². The standard InChI is InChI=1S/C25H30ClNO2/c1-16-5-4-6-19(13-16)24(28)27-25(3)15-23(18-8-10-20(26)11-9-18)29-22-14-17(2)7-12-21(22)25/h4-6,8-11,13,17,21-23H,7,12,14-15H2,1-3H3,(H,27,28)/t17-,21-,22-,23-,25-/m0/s1. The van der Waals surface area contributed by atoms with Crippen molar-refractivity contribution < 1.29 is 9.53 Å². The van der Waals surface area contributed by atoms with Crippen LogP contribution in [-0.2, 0) is 4.74 Å². The van der Waals surface area contributed by atoms with Crippen LogP contribution in [-0.4, -0.2) is 17.6 Å². The highest BCUT2D eigenvalue weighted by Gasteiger charge is 2.49. The second kappa shape index (κ2) is 8.12. The van der Waals surface area contributed by atoms with Gasteiger partial charge in [0.1, 0.15) is 0 Å². The Morgan fingerprint density at radius 3 is 2.66 bits per heavy atom. The minimum absolute atomic E-state index is 0.00493. The molecule has 1 heterocycles. The van der Waals surface area contributed by atoms with Crippen molar-refractivity contribution >= 4 is 17.5 Å². The topological polar surface area (TPSA) is 38.3 Å². The van der Waals surface area contributed by atoms with E-state index in [0.29, 0.717) is 11.8 Å². The maximum absolute atomic E-state index is 13.1. The molecular formula is C25H30ClNO2. The largest absolute Gasteiger partial charge is 0.370 e. The molecule has 5 atom stereocenters. The monoisotopic (exact) mass is 411 g/mol. The van der Waals surface area contributed by atoms with Gasteiger partial charge in [-0.05, 0) is 62.4 Å². The SMILES string of the molecule is Cc1cccc(C(=O)N[C@@]2(C)C[C@@H](c3ccc(Cl)cc3)O[C@H]3C[C@@H](C)CC[C@@H]32)c1. The molecule has 4 heteroatoms. The number of halogens is 1. The highest BCUT2D eigenvalue weighted by molar-refractivity contribution is 6.30. The second-order valence-electron chi connectivity index (χ2n) is 9.18. The van der Waals surface area contributed by atoms with Crippen molar-refractivity contribution in [1.29, 1.82) is 0 Å². The Labute approximate surface area is 178 Å². The molecular weight excluding hydrogens is 382 g/mol. The van der Waals surface area contributed by atoms with Crippen molar-refractivity contribution in [3.63, 3.8) is 0 Å². The van der Waals surface area contributed by atoms with E-state index in [0.717, 1.165) is 41.0 Å². The smallest absolute Gasteiger partial charge is 0.251 e. The number of rotatable bonds is 3. The van der Waals surface area contributed by atoms with Crippen LogP contribution in [0.4, 0.5) is 0 Å². The predicted octanol–water partition coefficient (Wildman–Crippen LogP) is 6.10. The molecule has 3 nitrogen and oxygen atoms in total. The van der Waals surface area contributed by atoms with Crippen LogP contribution in [0.2, 0.25) is 5.02 Å². The quantitative estimate of drug-likeness (QED) is 0.662. The first-order valence-electron chi connectivity index (χ1n) is 10.6. The van der Waals surface area contributed by atoms with Crippen LogP contribution in [0.15, 0.2) is 48.5 Å². The molecule has 2 aromatic carbocycles. The minimum Gasteiger partial charge on any atom is -0.370 e. The first-order chi connectivity index (χ1) is 13.8. The van der Waals surface area contributed by atoms with Crippen LogP contribution in [0.3, 0.4) is 0 Å². The van der Waals surface area contributed by atoms with Crippen LogP contribution >= 0.6 is 11.6 Å². The van der Waals surface area contributed by atoms with Gasteiger partial charge in [0.25, 0.3) is 5.91 Å². The lowest BCUT2D eigenvalue weighted by atomic mass is 9.66. The molecule has 0 bridgehead atoms. The van der Waals surface area contributed by atoms with E-state index in [2.05, 4.69) is 19.2 Å². The highest BCUT2D eigenvalue weighted by atomic mass is 35.5. The number of benzene rings is 2.